The Morgan fingerprint density at radius 1 is 0.727 bits per heavy atom. The Kier molecular flexibility index (Phi) is 9.84. The van der Waals surface area contributed by atoms with Crippen LogP contribution in [0, 0.1) is 0 Å². The van der Waals surface area contributed by atoms with Gasteiger partial charge in [0.15, 0.2) is 11.4 Å². The van der Waals surface area contributed by atoms with E-state index in [-0.39, 0.29) is 18.0 Å². The Morgan fingerprint density at radius 3 is 1.89 bits per heavy atom. The number of carbonyl (C=O) groups is 3. The van der Waals surface area contributed by atoms with Crippen LogP contribution in [0.25, 0.3) is 16.6 Å². The largest absolute Gasteiger partial charge is 0.456 e. The lowest BCUT2D eigenvalue weighted by Gasteiger charge is -2.25. The van der Waals surface area contributed by atoms with Crippen LogP contribution in [0.4, 0.5) is 0 Å². The van der Waals surface area contributed by atoms with E-state index >= 15 is 0 Å². The van der Waals surface area contributed by atoms with Crippen molar-refractivity contribution >= 4 is 28.7 Å². The van der Waals surface area contributed by atoms with E-state index in [0.717, 1.165) is 18.8 Å². The van der Waals surface area contributed by atoms with Crippen molar-refractivity contribution in [1.29, 1.82) is 0 Å². The van der Waals surface area contributed by atoms with Gasteiger partial charge in [-0.25, -0.2) is 9.59 Å². The topological polar surface area (TPSA) is 89.9 Å². The molecule has 0 spiro atoms. The molecule has 0 aliphatic carbocycles. The number of benzene rings is 4. The standard InChI is InChI=1S/C36H35N3O5/c1-3-38(4-2)25-29(43-35(41)26-16-8-5-9-17-26)24-37-34(40)32-33(44-36(42)27-18-10-6-11-19-27)30-22-14-15-23-31(30)39(32)28-20-12-7-13-21-28/h5-23,29H,3-4,24-25H2,1-2H3,(H,37,40). The average Bonchev–Trinajstić information content (AvgIpc) is 3.40. The molecule has 5 aromatic rings. The highest BCUT2D eigenvalue weighted by atomic mass is 16.5. The molecule has 44 heavy (non-hydrogen) atoms. The lowest BCUT2D eigenvalue weighted by Crippen LogP contribution is -2.43. The number of amides is 1. The lowest BCUT2D eigenvalue weighted by molar-refractivity contribution is 0.0209. The fraction of sp³-hybridized carbons (Fsp3) is 0.194. The lowest BCUT2D eigenvalue weighted by atomic mass is 10.2. The smallest absolute Gasteiger partial charge is 0.343 e. The molecule has 0 saturated heterocycles. The number of nitrogens with zero attached hydrogens (tertiary/aromatic N) is 2. The number of rotatable bonds is 12. The minimum absolute atomic E-state index is 0.0519. The summed E-state index contributed by atoms with van der Waals surface area (Å²) in [4.78, 5) is 42.5. The summed E-state index contributed by atoms with van der Waals surface area (Å²) in [6.07, 6.45) is -0.628. The first-order chi connectivity index (χ1) is 21.5. The van der Waals surface area contributed by atoms with E-state index < -0.39 is 23.9 Å². The minimum atomic E-state index is -0.628. The Hall–Kier alpha value is -5.21. The molecule has 0 radical (unpaired) electrons. The van der Waals surface area contributed by atoms with E-state index in [1.807, 2.05) is 80.6 Å². The van der Waals surface area contributed by atoms with Gasteiger partial charge >= 0.3 is 11.9 Å². The molecule has 1 aromatic heterocycles. The number of para-hydroxylation sites is 2. The summed E-state index contributed by atoms with van der Waals surface area (Å²) < 4.78 is 13.7. The van der Waals surface area contributed by atoms with Gasteiger partial charge in [-0.3, -0.25) is 4.79 Å². The highest BCUT2D eigenvalue weighted by molar-refractivity contribution is 6.07. The molecule has 0 fully saturated rings. The molecule has 1 amide bonds. The SMILES string of the molecule is CCN(CC)CC(CNC(=O)c1c(OC(=O)c2ccccc2)c2ccccc2n1-c1ccccc1)OC(=O)c1ccccc1. The molecule has 0 bridgehead atoms. The van der Waals surface area contributed by atoms with Crippen LogP contribution >= 0.6 is 0 Å². The van der Waals surface area contributed by atoms with Crippen LogP contribution in [-0.4, -0.2) is 59.6 Å². The van der Waals surface area contributed by atoms with Crippen molar-refractivity contribution in [2.24, 2.45) is 0 Å². The maximum atomic E-state index is 14.2. The highest BCUT2D eigenvalue weighted by Gasteiger charge is 2.28. The van der Waals surface area contributed by atoms with Gasteiger partial charge in [0.2, 0.25) is 0 Å². The third kappa shape index (κ3) is 6.88. The second kappa shape index (κ2) is 14.3. The van der Waals surface area contributed by atoms with Gasteiger partial charge in [-0.2, -0.15) is 0 Å². The Morgan fingerprint density at radius 2 is 1.27 bits per heavy atom. The fourth-order valence-corrected chi connectivity index (χ4v) is 5.09. The van der Waals surface area contributed by atoms with E-state index in [1.54, 1.807) is 53.1 Å². The molecule has 224 valence electrons. The normalized spacial score (nSPS) is 11.7. The van der Waals surface area contributed by atoms with Gasteiger partial charge in [0.05, 0.1) is 23.2 Å². The zero-order chi connectivity index (χ0) is 30.9. The number of aromatic nitrogens is 1. The number of fused-ring (bicyclic) bond motifs is 1. The molecule has 0 aliphatic heterocycles. The van der Waals surface area contributed by atoms with Crippen LogP contribution in [0.5, 0.6) is 5.75 Å². The number of hydrogen-bond donors (Lipinski definition) is 1. The van der Waals surface area contributed by atoms with Crippen LogP contribution in [0.2, 0.25) is 0 Å². The molecule has 8 nitrogen and oxygen atoms in total. The molecule has 5 rings (SSSR count). The highest BCUT2D eigenvalue weighted by Crippen LogP contribution is 2.36. The molecule has 8 heteroatoms. The van der Waals surface area contributed by atoms with E-state index in [0.29, 0.717) is 28.6 Å². The van der Waals surface area contributed by atoms with Crippen molar-refractivity contribution in [3.63, 3.8) is 0 Å². The van der Waals surface area contributed by atoms with Crippen LogP contribution in [0.3, 0.4) is 0 Å². The van der Waals surface area contributed by atoms with Gasteiger partial charge in [-0.05, 0) is 61.6 Å². The Labute approximate surface area is 256 Å². The van der Waals surface area contributed by atoms with Gasteiger partial charge in [0.1, 0.15) is 6.10 Å². The van der Waals surface area contributed by atoms with Gasteiger partial charge in [0, 0.05) is 17.6 Å². The first kappa shape index (κ1) is 30.3. The first-order valence-electron chi connectivity index (χ1n) is 14.7. The number of ether oxygens (including phenoxy) is 2. The van der Waals surface area contributed by atoms with Crippen molar-refractivity contribution in [3.05, 3.63) is 132 Å². The summed E-state index contributed by atoms with van der Waals surface area (Å²) >= 11 is 0. The number of hydrogen-bond acceptors (Lipinski definition) is 6. The summed E-state index contributed by atoms with van der Waals surface area (Å²) in [7, 11) is 0. The zero-order valence-electron chi connectivity index (χ0n) is 24.8. The molecular formula is C36H35N3O5. The third-order valence-corrected chi connectivity index (χ3v) is 7.39. The van der Waals surface area contributed by atoms with Crippen molar-refractivity contribution in [1.82, 2.24) is 14.8 Å². The summed E-state index contributed by atoms with van der Waals surface area (Å²) in [6, 6.07) is 34.3. The van der Waals surface area contributed by atoms with Crippen LogP contribution < -0.4 is 10.1 Å². The minimum Gasteiger partial charge on any atom is -0.456 e. The predicted octanol–water partition coefficient (Wildman–Crippen LogP) is 6.15. The Balaban J connectivity index is 1.51. The molecule has 1 N–H and O–H groups in total. The second-order valence-electron chi connectivity index (χ2n) is 10.2. The van der Waals surface area contributed by atoms with Crippen LogP contribution in [-0.2, 0) is 4.74 Å². The van der Waals surface area contributed by atoms with Crippen molar-refractivity contribution in [2.45, 2.75) is 20.0 Å². The molecule has 1 atom stereocenters. The summed E-state index contributed by atoms with van der Waals surface area (Å²) in [5, 5.41) is 3.59. The summed E-state index contributed by atoms with van der Waals surface area (Å²) in [5.41, 5.74) is 2.39. The maximum absolute atomic E-state index is 14.2. The first-order valence-corrected chi connectivity index (χ1v) is 14.7. The quantitative estimate of drug-likeness (QED) is 0.176. The van der Waals surface area contributed by atoms with Gasteiger partial charge < -0.3 is 24.3 Å². The maximum Gasteiger partial charge on any atom is 0.343 e. The average molecular weight is 590 g/mol. The van der Waals surface area contributed by atoms with Gasteiger partial charge in [0.25, 0.3) is 5.91 Å². The molecule has 0 aliphatic rings. The van der Waals surface area contributed by atoms with Crippen molar-refractivity contribution < 1.29 is 23.9 Å². The summed E-state index contributed by atoms with van der Waals surface area (Å²) in [5.74, 6) is -1.36. The number of esters is 2. The van der Waals surface area contributed by atoms with Crippen molar-refractivity contribution in [2.75, 3.05) is 26.2 Å². The van der Waals surface area contributed by atoms with Crippen LogP contribution in [0.15, 0.2) is 115 Å². The monoisotopic (exact) mass is 589 g/mol. The zero-order valence-corrected chi connectivity index (χ0v) is 24.8. The van der Waals surface area contributed by atoms with E-state index in [1.165, 1.54) is 0 Å². The van der Waals surface area contributed by atoms with E-state index in [9.17, 15) is 14.4 Å². The third-order valence-electron chi connectivity index (χ3n) is 7.39. The summed E-state index contributed by atoms with van der Waals surface area (Å²) in [6.45, 7) is 6.06. The number of nitrogens with one attached hydrogen (secondary N) is 1. The molecule has 4 aromatic carbocycles. The van der Waals surface area contributed by atoms with Gasteiger partial charge in [-0.15, -0.1) is 0 Å². The molecule has 1 unspecified atom stereocenters. The number of carbonyl (C=O) groups excluding carboxylic acids is 3. The van der Waals surface area contributed by atoms with Crippen molar-refractivity contribution in [3.8, 4) is 11.4 Å². The predicted molar refractivity (Wildman–Crippen MR) is 170 cm³/mol. The molecule has 1 heterocycles. The second-order valence-corrected chi connectivity index (χ2v) is 10.2. The number of likely N-dealkylation sites (N-methyl/N-ethyl adjacent to an activating group) is 1. The Bertz CT molecular complexity index is 1710. The molecule has 0 saturated carbocycles. The van der Waals surface area contributed by atoms with Crippen LogP contribution in [0.1, 0.15) is 45.1 Å². The van der Waals surface area contributed by atoms with E-state index in [2.05, 4.69) is 10.2 Å². The van der Waals surface area contributed by atoms with E-state index in [4.69, 9.17) is 9.47 Å². The molecular weight excluding hydrogens is 554 g/mol. The van der Waals surface area contributed by atoms with Gasteiger partial charge in [-0.1, -0.05) is 80.6 Å². The fourth-order valence-electron chi connectivity index (χ4n) is 5.09.